The van der Waals surface area contributed by atoms with Crippen molar-refractivity contribution in [2.45, 2.75) is 11.2 Å². The molecule has 0 bridgehead atoms. The van der Waals surface area contributed by atoms with E-state index in [0.717, 1.165) is 17.8 Å². The van der Waals surface area contributed by atoms with Crippen molar-refractivity contribution in [3.05, 3.63) is 52.8 Å². The number of aromatic nitrogens is 2. The van der Waals surface area contributed by atoms with Crippen molar-refractivity contribution in [1.82, 2.24) is 9.97 Å². The molecule has 0 radical (unpaired) electrons. The molecule has 11 heteroatoms. The SMILES string of the molecule is NC1=N[C@@]2(c3cc(NC(=O)c4ncc(Cl)cn4)ccc3F)COC[C@@]2(F)CS1. The van der Waals surface area contributed by atoms with Crippen molar-refractivity contribution < 1.29 is 18.3 Å². The number of nitrogens with zero attached hydrogens (tertiary/aromatic N) is 3. The number of rotatable bonds is 3. The number of hydrogen-bond acceptors (Lipinski definition) is 7. The van der Waals surface area contributed by atoms with Crippen LogP contribution in [-0.4, -0.2) is 45.7 Å². The van der Waals surface area contributed by atoms with Gasteiger partial charge in [-0.25, -0.2) is 23.7 Å². The van der Waals surface area contributed by atoms with Crippen LogP contribution in [0, 0.1) is 5.82 Å². The maximum Gasteiger partial charge on any atom is 0.293 e. The van der Waals surface area contributed by atoms with E-state index in [1.54, 1.807) is 0 Å². The number of carbonyl (C=O) groups excluding carboxylic acids is 1. The van der Waals surface area contributed by atoms with E-state index >= 15 is 4.39 Å². The Hall–Kier alpha value is -2.30. The Morgan fingerprint density at radius 3 is 2.82 bits per heavy atom. The quantitative estimate of drug-likeness (QED) is 0.783. The van der Waals surface area contributed by atoms with Gasteiger partial charge in [-0.1, -0.05) is 23.4 Å². The average Bonchev–Trinajstić information content (AvgIpc) is 3.01. The summed E-state index contributed by atoms with van der Waals surface area (Å²) in [5, 5.41) is 3.00. The highest BCUT2D eigenvalue weighted by Crippen LogP contribution is 2.50. The first-order valence-corrected chi connectivity index (χ1v) is 9.53. The number of halogens is 3. The summed E-state index contributed by atoms with van der Waals surface area (Å²) < 4.78 is 35.6. The molecule has 7 nitrogen and oxygen atoms in total. The maximum absolute atomic E-state index is 15.6. The fourth-order valence-electron chi connectivity index (χ4n) is 3.23. The van der Waals surface area contributed by atoms with E-state index in [-0.39, 0.29) is 46.2 Å². The van der Waals surface area contributed by atoms with Crippen LogP contribution in [0.25, 0.3) is 0 Å². The second-order valence-corrected chi connectivity index (χ2v) is 7.86. The molecule has 1 aromatic carbocycles. The number of amidine groups is 1. The zero-order chi connectivity index (χ0) is 19.9. The molecule has 146 valence electrons. The average molecular weight is 426 g/mol. The number of nitrogens with one attached hydrogen (secondary N) is 1. The van der Waals surface area contributed by atoms with E-state index in [1.165, 1.54) is 24.5 Å². The van der Waals surface area contributed by atoms with Gasteiger partial charge in [0, 0.05) is 29.4 Å². The second-order valence-electron chi connectivity index (χ2n) is 6.43. The number of thioether (sulfide) groups is 1. The molecule has 2 aromatic rings. The maximum atomic E-state index is 15.6. The highest BCUT2D eigenvalue weighted by molar-refractivity contribution is 8.13. The largest absolute Gasteiger partial charge is 0.379 e. The lowest BCUT2D eigenvalue weighted by Gasteiger charge is -2.38. The number of benzene rings is 1. The topological polar surface area (TPSA) is 102 Å². The molecule has 1 amide bonds. The number of ether oxygens (including phenoxy) is 1. The number of carbonyl (C=O) groups is 1. The van der Waals surface area contributed by atoms with Crippen LogP contribution in [0.1, 0.15) is 16.2 Å². The van der Waals surface area contributed by atoms with Gasteiger partial charge in [0.1, 0.15) is 5.82 Å². The van der Waals surface area contributed by atoms with Crippen LogP contribution in [0.3, 0.4) is 0 Å². The van der Waals surface area contributed by atoms with Crippen LogP contribution in [0.2, 0.25) is 5.02 Å². The molecule has 3 N–H and O–H groups in total. The van der Waals surface area contributed by atoms with Gasteiger partial charge in [-0.15, -0.1) is 0 Å². The number of hydrogen-bond donors (Lipinski definition) is 2. The van der Waals surface area contributed by atoms with Gasteiger partial charge in [-0.2, -0.15) is 0 Å². The summed E-state index contributed by atoms with van der Waals surface area (Å²) in [5.74, 6) is -1.41. The summed E-state index contributed by atoms with van der Waals surface area (Å²) in [5.41, 5.74) is 2.48. The van der Waals surface area contributed by atoms with E-state index in [1.807, 2.05) is 0 Å². The summed E-state index contributed by atoms with van der Waals surface area (Å²) in [6.07, 6.45) is 2.56. The van der Waals surface area contributed by atoms with Crippen molar-refractivity contribution in [3.63, 3.8) is 0 Å². The molecular weight excluding hydrogens is 412 g/mol. The lowest BCUT2D eigenvalue weighted by atomic mass is 9.79. The smallest absolute Gasteiger partial charge is 0.293 e. The third-order valence-corrected chi connectivity index (χ3v) is 5.81. The fraction of sp³-hybridized carbons (Fsp3) is 0.294. The molecule has 0 spiro atoms. The van der Waals surface area contributed by atoms with E-state index in [4.69, 9.17) is 22.1 Å². The number of alkyl halides is 1. The van der Waals surface area contributed by atoms with Crippen LogP contribution >= 0.6 is 23.4 Å². The molecule has 1 saturated heterocycles. The summed E-state index contributed by atoms with van der Waals surface area (Å²) in [4.78, 5) is 24.2. The lowest BCUT2D eigenvalue weighted by Crippen LogP contribution is -2.52. The molecule has 1 aromatic heterocycles. The van der Waals surface area contributed by atoms with Gasteiger partial charge in [-0.3, -0.25) is 4.79 Å². The van der Waals surface area contributed by atoms with Crippen LogP contribution in [0.15, 0.2) is 35.6 Å². The summed E-state index contributed by atoms with van der Waals surface area (Å²) >= 11 is 6.77. The van der Waals surface area contributed by atoms with Crippen molar-refractivity contribution in [2.24, 2.45) is 10.7 Å². The molecule has 2 aliphatic rings. The Morgan fingerprint density at radius 2 is 2.07 bits per heavy atom. The molecule has 2 aliphatic heterocycles. The second kappa shape index (κ2) is 6.94. The zero-order valence-corrected chi connectivity index (χ0v) is 15.9. The predicted molar refractivity (Wildman–Crippen MR) is 102 cm³/mol. The summed E-state index contributed by atoms with van der Waals surface area (Å²) in [6.45, 7) is -0.370. The zero-order valence-electron chi connectivity index (χ0n) is 14.3. The minimum Gasteiger partial charge on any atom is -0.379 e. The van der Waals surface area contributed by atoms with Crippen LogP contribution in [0.4, 0.5) is 14.5 Å². The Labute approximate surface area is 167 Å². The van der Waals surface area contributed by atoms with Gasteiger partial charge in [0.05, 0.1) is 18.2 Å². The molecule has 3 heterocycles. The van der Waals surface area contributed by atoms with Gasteiger partial charge in [-0.05, 0) is 18.2 Å². The molecule has 1 fully saturated rings. The summed E-state index contributed by atoms with van der Waals surface area (Å²) in [6, 6.07) is 3.82. The van der Waals surface area contributed by atoms with Gasteiger partial charge in [0.15, 0.2) is 16.4 Å². The third kappa shape index (κ3) is 3.11. The predicted octanol–water partition coefficient (Wildman–Crippen LogP) is 2.52. The molecular formula is C17H14ClF2N5O2S. The molecule has 0 aliphatic carbocycles. The molecule has 0 unspecified atom stereocenters. The first-order valence-electron chi connectivity index (χ1n) is 8.17. The number of nitrogens with two attached hydrogens (primary N) is 1. The first kappa shape index (κ1) is 19.0. The van der Waals surface area contributed by atoms with Gasteiger partial charge < -0.3 is 15.8 Å². The standard InChI is InChI=1S/C17H14ClF2N5O2S/c18-9-4-22-13(23-5-9)14(26)24-10-1-2-12(19)11(3-10)17-7-27-6-16(17,20)8-28-15(21)25-17/h1-5H,6-8H2,(H2,21,25)(H,24,26)/t16-,17-/m1/s1. The number of fused-ring (bicyclic) bond motifs is 1. The molecule has 28 heavy (non-hydrogen) atoms. The Kier molecular flexibility index (Phi) is 4.72. The van der Waals surface area contributed by atoms with Gasteiger partial charge in [0.2, 0.25) is 5.82 Å². The monoisotopic (exact) mass is 425 g/mol. The minimum absolute atomic E-state index is 0.00300. The Bertz CT molecular complexity index is 977. The van der Waals surface area contributed by atoms with E-state index in [2.05, 4.69) is 20.3 Å². The Morgan fingerprint density at radius 1 is 1.32 bits per heavy atom. The Balaban J connectivity index is 1.70. The molecule has 2 atom stereocenters. The van der Waals surface area contributed by atoms with Crippen molar-refractivity contribution in [2.75, 3.05) is 24.3 Å². The lowest BCUT2D eigenvalue weighted by molar-refractivity contribution is 0.101. The number of amides is 1. The third-order valence-electron chi connectivity index (χ3n) is 4.63. The van der Waals surface area contributed by atoms with Crippen molar-refractivity contribution in [1.29, 1.82) is 0 Å². The van der Waals surface area contributed by atoms with Crippen LogP contribution in [0.5, 0.6) is 0 Å². The number of aliphatic imine (C=N–C) groups is 1. The summed E-state index contributed by atoms with van der Waals surface area (Å²) in [7, 11) is 0. The number of anilines is 1. The van der Waals surface area contributed by atoms with E-state index in [0.29, 0.717) is 0 Å². The van der Waals surface area contributed by atoms with Crippen molar-refractivity contribution in [3.8, 4) is 0 Å². The van der Waals surface area contributed by atoms with Crippen LogP contribution < -0.4 is 11.1 Å². The van der Waals surface area contributed by atoms with Crippen LogP contribution in [-0.2, 0) is 10.3 Å². The molecule has 4 rings (SSSR count). The van der Waals surface area contributed by atoms with Crippen molar-refractivity contribution >= 4 is 40.1 Å². The van der Waals surface area contributed by atoms with E-state index in [9.17, 15) is 9.18 Å². The van der Waals surface area contributed by atoms with Gasteiger partial charge in [0.25, 0.3) is 5.91 Å². The minimum atomic E-state index is -1.91. The van der Waals surface area contributed by atoms with E-state index < -0.39 is 22.9 Å². The first-order chi connectivity index (χ1) is 13.3. The highest BCUT2D eigenvalue weighted by Gasteiger charge is 2.61. The molecule has 0 saturated carbocycles. The van der Waals surface area contributed by atoms with Gasteiger partial charge >= 0.3 is 0 Å². The normalized spacial score (nSPS) is 26.5. The fourth-order valence-corrected chi connectivity index (χ4v) is 4.24. The highest BCUT2D eigenvalue weighted by atomic mass is 35.5.